The second-order valence-corrected chi connectivity index (χ2v) is 9.62. The first kappa shape index (κ1) is 33.6. The standard InChI is InChI=1S/C25H40N8O7/c1-13(2)20(24(39)40)33-23(38)18(9-10-19(27)35)32-22(37)17(4-3-11-30-25(28)29)31-21(36)16(26)12-14-5-7-15(34)8-6-14/h5-8,13,16-18,20,34H,3-4,9-12,26H2,1-2H3,(H2,27,35)(H,31,36)(H,32,37)(H,33,38)(H,39,40)(H4,28,29,30). The van der Waals surface area contributed by atoms with Crippen molar-refractivity contribution in [1.29, 1.82) is 0 Å². The Morgan fingerprint density at radius 2 is 1.43 bits per heavy atom. The number of carbonyl (C=O) groups is 5. The van der Waals surface area contributed by atoms with Crippen LogP contribution in [0.3, 0.4) is 0 Å². The Balaban J connectivity index is 3.07. The third kappa shape index (κ3) is 12.4. The van der Waals surface area contributed by atoms with Gasteiger partial charge in [0.2, 0.25) is 23.6 Å². The van der Waals surface area contributed by atoms with Gasteiger partial charge in [-0.15, -0.1) is 0 Å². The number of aromatic hydroxyl groups is 1. The number of carboxylic acids is 1. The van der Waals surface area contributed by atoms with E-state index in [1.54, 1.807) is 26.0 Å². The van der Waals surface area contributed by atoms with E-state index >= 15 is 0 Å². The van der Waals surface area contributed by atoms with Crippen molar-refractivity contribution >= 4 is 35.6 Å². The molecule has 13 N–H and O–H groups in total. The van der Waals surface area contributed by atoms with Crippen LogP contribution in [0.4, 0.5) is 0 Å². The van der Waals surface area contributed by atoms with Crippen molar-refractivity contribution in [1.82, 2.24) is 16.0 Å². The lowest BCUT2D eigenvalue weighted by atomic mass is 10.0. The molecule has 4 atom stereocenters. The van der Waals surface area contributed by atoms with Gasteiger partial charge in [-0.1, -0.05) is 26.0 Å². The fourth-order valence-electron chi connectivity index (χ4n) is 3.62. The van der Waals surface area contributed by atoms with Gasteiger partial charge in [-0.2, -0.15) is 0 Å². The molecule has 0 saturated carbocycles. The van der Waals surface area contributed by atoms with Gasteiger partial charge in [0.15, 0.2) is 5.96 Å². The van der Waals surface area contributed by atoms with Gasteiger partial charge in [0.1, 0.15) is 23.9 Å². The number of benzene rings is 1. The lowest BCUT2D eigenvalue weighted by Gasteiger charge is -2.26. The molecule has 1 aromatic rings. The zero-order chi connectivity index (χ0) is 30.4. The van der Waals surface area contributed by atoms with E-state index in [-0.39, 0.29) is 50.4 Å². The van der Waals surface area contributed by atoms with E-state index in [4.69, 9.17) is 22.9 Å². The summed E-state index contributed by atoms with van der Waals surface area (Å²) in [6.07, 6.45) is -0.0166. The Morgan fingerprint density at radius 1 is 0.875 bits per heavy atom. The highest BCUT2D eigenvalue weighted by Gasteiger charge is 2.31. The summed E-state index contributed by atoms with van der Waals surface area (Å²) in [6, 6.07) is 1.33. The second kappa shape index (κ2) is 16.5. The molecule has 0 bridgehead atoms. The van der Waals surface area contributed by atoms with Gasteiger partial charge in [0.25, 0.3) is 0 Å². The Hall–Kier alpha value is -4.40. The highest BCUT2D eigenvalue weighted by atomic mass is 16.4. The second-order valence-electron chi connectivity index (χ2n) is 9.62. The number of nitrogens with one attached hydrogen (secondary N) is 3. The van der Waals surface area contributed by atoms with Gasteiger partial charge in [0, 0.05) is 13.0 Å². The van der Waals surface area contributed by atoms with E-state index in [9.17, 15) is 34.2 Å². The van der Waals surface area contributed by atoms with Crippen LogP contribution in [-0.2, 0) is 30.4 Å². The molecule has 4 unspecified atom stereocenters. The largest absolute Gasteiger partial charge is 0.508 e. The average molecular weight is 565 g/mol. The Kier molecular flexibility index (Phi) is 13.9. The van der Waals surface area contributed by atoms with Gasteiger partial charge in [-0.3, -0.25) is 24.2 Å². The molecular weight excluding hydrogens is 524 g/mol. The molecule has 0 aliphatic heterocycles. The van der Waals surface area contributed by atoms with Crippen molar-refractivity contribution in [3.05, 3.63) is 29.8 Å². The number of carboxylic acid groups (broad SMARTS) is 1. The van der Waals surface area contributed by atoms with Gasteiger partial charge in [-0.05, 0) is 49.3 Å². The molecule has 0 saturated heterocycles. The molecule has 1 aromatic carbocycles. The van der Waals surface area contributed by atoms with Gasteiger partial charge in [0.05, 0.1) is 6.04 Å². The molecule has 4 amide bonds. The van der Waals surface area contributed by atoms with Crippen LogP contribution in [0.5, 0.6) is 5.75 Å². The molecule has 0 spiro atoms. The number of carbonyl (C=O) groups excluding carboxylic acids is 4. The zero-order valence-electron chi connectivity index (χ0n) is 22.6. The Bertz CT molecular complexity index is 1060. The summed E-state index contributed by atoms with van der Waals surface area (Å²) in [5, 5.41) is 26.3. The first-order valence-corrected chi connectivity index (χ1v) is 12.7. The molecule has 222 valence electrons. The van der Waals surface area contributed by atoms with Crippen LogP contribution in [-0.4, -0.2) is 76.5 Å². The summed E-state index contributed by atoms with van der Waals surface area (Å²) < 4.78 is 0. The van der Waals surface area contributed by atoms with E-state index in [2.05, 4.69) is 20.9 Å². The van der Waals surface area contributed by atoms with E-state index in [1.165, 1.54) is 12.1 Å². The predicted octanol–water partition coefficient (Wildman–Crippen LogP) is -2.22. The maximum Gasteiger partial charge on any atom is 0.326 e. The Morgan fingerprint density at radius 3 is 1.95 bits per heavy atom. The number of nitrogens with zero attached hydrogens (tertiary/aromatic N) is 1. The van der Waals surface area contributed by atoms with Crippen LogP contribution in [0.1, 0.15) is 45.1 Å². The number of aliphatic carboxylic acids is 1. The Labute approximate surface area is 232 Å². The average Bonchev–Trinajstić information content (AvgIpc) is 2.86. The summed E-state index contributed by atoms with van der Waals surface area (Å²) in [5.41, 5.74) is 22.6. The van der Waals surface area contributed by atoms with Crippen LogP contribution in [0.25, 0.3) is 0 Å². The maximum atomic E-state index is 13.2. The number of phenols is 1. The first-order valence-electron chi connectivity index (χ1n) is 12.7. The highest BCUT2D eigenvalue weighted by Crippen LogP contribution is 2.11. The third-order valence-corrected chi connectivity index (χ3v) is 5.85. The van der Waals surface area contributed by atoms with Gasteiger partial charge >= 0.3 is 5.97 Å². The minimum atomic E-state index is -1.32. The van der Waals surface area contributed by atoms with E-state index in [1.807, 2.05) is 0 Å². The van der Waals surface area contributed by atoms with Crippen molar-refractivity contribution < 1.29 is 34.2 Å². The molecule has 0 aliphatic carbocycles. The summed E-state index contributed by atoms with van der Waals surface area (Å²) in [6.45, 7) is 3.35. The SMILES string of the molecule is CC(C)C(NC(=O)C(CCC(N)=O)NC(=O)C(CCCN=C(N)N)NC(=O)C(N)Cc1ccc(O)cc1)C(=O)O. The van der Waals surface area contributed by atoms with Crippen molar-refractivity contribution in [3.63, 3.8) is 0 Å². The molecule has 0 heterocycles. The molecule has 1 rings (SSSR count). The van der Waals surface area contributed by atoms with Crippen molar-refractivity contribution in [2.45, 2.75) is 70.1 Å². The van der Waals surface area contributed by atoms with E-state index < -0.39 is 59.7 Å². The van der Waals surface area contributed by atoms with Crippen LogP contribution in [0.2, 0.25) is 0 Å². The number of nitrogens with two attached hydrogens (primary N) is 4. The van der Waals surface area contributed by atoms with Crippen molar-refractivity contribution in [2.75, 3.05) is 6.54 Å². The first-order chi connectivity index (χ1) is 18.7. The number of amides is 4. The molecule has 15 nitrogen and oxygen atoms in total. The predicted molar refractivity (Wildman–Crippen MR) is 146 cm³/mol. The van der Waals surface area contributed by atoms with Crippen LogP contribution in [0, 0.1) is 5.92 Å². The number of rotatable bonds is 17. The summed E-state index contributed by atoms with van der Waals surface area (Å²) in [5.74, 6) is -4.81. The number of phenolic OH excluding ortho intramolecular Hbond substituents is 1. The quantitative estimate of drug-likeness (QED) is 0.0558. The fraction of sp³-hybridized carbons (Fsp3) is 0.520. The number of primary amides is 1. The normalized spacial score (nSPS) is 13.8. The van der Waals surface area contributed by atoms with Crippen molar-refractivity contribution in [2.24, 2.45) is 33.8 Å². The number of guanidine groups is 1. The molecule has 40 heavy (non-hydrogen) atoms. The van der Waals surface area contributed by atoms with E-state index in [0.29, 0.717) is 5.56 Å². The lowest BCUT2D eigenvalue weighted by Crippen LogP contribution is -2.57. The molecule has 15 heteroatoms. The molecule has 0 radical (unpaired) electrons. The highest BCUT2D eigenvalue weighted by molar-refractivity contribution is 5.94. The molecule has 0 aromatic heterocycles. The van der Waals surface area contributed by atoms with Crippen LogP contribution < -0.4 is 38.9 Å². The fourth-order valence-corrected chi connectivity index (χ4v) is 3.62. The number of hydrogen-bond acceptors (Lipinski definition) is 8. The van der Waals surface area contributed by atoms with Crippen LogP contribution >= 0.6 is 0 Å². The molecule has 0 fully saturated rings. The minimum Gasteiger partial charge on any atom is -0.508 e. The minimum absolute atomic E-state index is 0.0530. The zero-order valence-corrected chi connectivity index (χ0v) is 22.6. The summed E-state index contributed by atoms with van der Waals surface area (Å²) in [4.78, 5) is 65.8. The third-order valence-electron chi connectivity index (χ3n) is 5.85. The maximum absolute atomic E-state index is 13.2. The van der Waals surface area contributed by atoms with Gasteiger partial charge in [-0.25, -0.2) is 4.79 Å². The molecular formula is C25H40N8O7. The number of hydrogen-bond donors (Lipinski definition) is 9. The monoisotopic (exact) mass is 564 g/mol. The number of aliphatic imine (C=N–C) groups is 1. The van der Waals surface area contributed by atoms with Crippen LogP contribution in [0.15, 0.2) is 29.3 Å². The van der Waals surface area contributed by atoms with E-state index in [0.717, 1.165) is 0 Å². The lowest BCUT2D eigenvalue weighted by molar-refractivity contribution is -0.143. The summed E-state index contributed by atoms with van der Waals surface area (Å²) in [7, 11) is 0. The van der Waals surface area contributed by atoms with Gasteiger partial charge < -0.3 is 49.1 Å². The molecule has 0 aliphatic rings. The van der Waals surface area contributed by atoms with Crippen molar-refractivity contribution in [3.8, 4) is 5.75 Å². The smallest absolute Gasteiger partial charge is 0.326 e. The summed E-state index contributed by atoms with van der Waals surface area (Å²) >= 11 is 0. The topological polar surface area (TPSA) is 278 Å².